The topological polar surface area (TPSA) is 103 Å². The second kappa shape index (κ2) is 11.6. The molecule has 0 unspecified atom stereocenters. The van der Waals surface area contributed by atoms with E-state index < -0.39 is 29.0 Å². The number of hydrogen-bond acceptors (Lipinski definition) is 8. The van der Waals surface area contributed by atoms with Crippen molar-refractivity contribution < 1.29 is 27.4 Å². The third-order valence-electron chi connectivity index (χ3n) is 7.62. The highest BCUT2D eigenvalue weighted by atomic mass is 19.4. The van der Waals surface area contributed by atoms with Gasteiger partial charge >= 0.3 is 12.3 Å². The van der Waals surface area contributed by atoms with E-state index in [9.17, 15) is 22.8 Å². The van der Waals surface area contributed by atoms with Gasteiger partial charge in [-0.2, -0.15) is 13.2 Å². The molecular formula is C33H31F3N6O4. The predicted molar refractivity (Wildman–Crippen MR) is 167 cm³/mol. The fourth-order valence-electron chi connectivity index (χ4n) is 5.46. The van der Waals surface area contributed by atoms with Gasteiger partial charge in [0, 0.05) is 67.3 Å². The van der Waals surface area contributed by atoms with Gasteiger partial charge < -0.3 is 19.3 Å². The molecule has 13 heteroatoms. The molecule has 0 radical (unpaired) electrons. The van der Waals surface area contributed by atoms with Crippen LogP contribution in [0.2, 0.25) is 0 Å². The van der Waals surface area contributed by atoms with Gasteiger partial charge in [-0.1, -0.05) is 0 Å². The first-order valence-electron chi connectivity index (χ1n) is 14.6. The summed E-state index contributed by atoms with van der Waals surface area (Å²) in [5.74, 6) is 0.430. The smallest absolute Gasteiger partial charge is 0.418 e. The van der Waals surface area contributed by atoms with E-state index in [1.807, 2.05) is 0 Å². The number of carbonyl (C=O) groups excluding carboxylic acids is 1. The van der Waals surface area contributed by atoms with Crippen LogP contribution in [-0.4, -0.2) is 69.4 Å². The van der Waals surface area contributed by atoms with Crippen molar-refractivity contribution in [2.45, 2.75) is 32.5 Å². The number of amides is 1. The van der Waals surface area contributed by atoms with Crippen molar-refractivity contribution in [1.29, 1.82) is 0 Å². The van der Waals surface area contributed by atoms with Gasteiger partial charge in [0.05, 0.1) is 35.1 Å². The van der Waals surface area contributed by atoms with Crippen LogP contribution in [0.15, 0.2) is 71.8 Å². The number of hydrogen-bond donors (Lipinski definition) is 0. The minimum absolute atomic E-state index is 0.0323. The van der Waals surface area contributed by atoms with Crippen molar-refractivity contribution in [2.75, 3.05) is 38.2 Å². The van der Waals surface area contributed by atoms with E-state index in [-0.39, 0.29) is 37.6 Å². The molecule has 0 spiro atoms. The van der Waals surface area contributed by atoms with Crippen molar-refractivity contribution in [3.63, 3.8) is 0 Å². The van der Waals surface area contributed by atoms with Gasteiger partial charge in [-0.25, -0.2) is 14.8 Å². The minimum Gasteiger partial charge on any atom is -0.481 e. The molecule has 0 saturated carbocycles. The molecule has 1 amide bonds. The zero-order valence-corrected chi connectivity index (χ0v) is 25.6. The number of aromatic nitrogens is 4. The SMILES string of the molecule is COc1ccc(-c2ccc3ncc4ccc(=O)n(-c5ccc(N6CCN(C(=O)OC(C)(C)C)CC6)c(C(F)(F)F)c5)c4c3n2)cn1. The first-order chi connectivity index (χ1) is 21.8. The van der Waals surface area contributed by atoms with Crippen LogP contribution < -0.4 is 15.2 Å². The van der Waals surface area contributed by atoms with Crippen LogP contribution in [0.3, 0.4) is 0 Å². The molecule has 6 rings (SSSR count). The molecule has 10 nitrogen and oxygen atoms in total. The summed E-state index contributed by atoms with van der Waals surface area (Å²) in [5.41, 5.74) is 0.258. The highest BCUT2D eigenvalue weighted by Gasteiger charge is 2.37. The summed E-state index contributed by atoms with van der Waals surface area (Å²) in [5, 5.41) is 0.528. The summed E-state index contributed by atoms with van der Waals surface area (Å²) in [6, 6.07) is 13.7. The minimum atomic E-state index is -4.72. The van der Waals surface area contributed by atoms with Gasteiger partial charge in [0.2, 0.25) is 5.88 Å². The number of nitrogens with zero attached hydrogens (tertiary/aromatic N) is 6. The third kappa shape index (κ3) is 6.04. The van der Waals surface area contributed by atoms with Gasteiger partial charge in [0.1, 0.15) is 11.1 Å². The highest BCUT2D eigenvalue weighted by molar-refractivity contribution is 6.02. The Bertz CT molecular complexity index is 2000. The fourth-order valence-corrected chi connectivity index (χ4v) is 5.46. The molecule has 1 aliphatic heterocycles. The van der Waals surface area contributed by atoms with Gasteiger partial charge in [-0.05, 0) is 63.2 Å². The van der Waals surface area contributed by atoms with Crippen LogP contribution in [0.1, 0.15) is 26.3 Å². The number of rotatable bonds is 4. The van der Waals surface area contributed by atoms with E-state index >= 15 is 0 Å². The number of halogens is 3. The molecule has 46 heavy (non-hydrogen) atoms. The predicted octanol–water partition coefficient (Wildman–Crippen LogP) is 6.08. The van der Waals surface area contributed by atoms with Crippen molar-refractivity contribution in [3.8, 4) is 22.8 Å². The molecule has 0 bridgehead atoms. The lowest BCUT2D eigenvalue weighted by Gasteiger charge is -2.37. The van der Waals surface area contributed by atoms with E-state index in [2.05, 4.69) is 9.97 Å². The molecule has 0 N–H and O–H groups in total. The van der Waals surface area contributed by atoms with Crippen molar-refractivity contribution in [3.05, 3.63) is 82.9 Å². The van der Waals surface area contributed by atoms with Crippen molar-refractivity contribution in [2.24, 2.45) is 0 Å². The summed E-state index contributed by atoms with van der Waals surface area (Å²) in [7, 11) is 1.51. The van der Waals surface area contributed by atoms with Crippen LogP contribution in [0.25, 0.3) is 38.9 Å². The van der Waals surface area contributed by atoms with Crippen LogP contribution in [-0.2, 0) is 10.9 Å². The molecule has 4 aromatic heterocycles. The first kappa shape index (κ1) is 30.8. The van der Waals surface area contributed by atoms with Gasteiger partial charge in [0.15, 0.2) is 0 Å². The zero-order valence-electron chi connectivity index (χ0n) is 25.6. The average Bonchev–Trinajstić information content (AvgIpc) is 3.03. The number of pyridine rings is 4. The van der Waals surface area contributed by atoms with E-state index in [4.69, 9.17) is 14.5 Å². The number of carbonyl (C=O) groups is 1. The molecule has 1 aromatic carbocycles. The lowest BCUT2D eigenvalue weighted by Crippen LogP contribution is -2.50. The maximum Gasteiger partial charge on any atom is 0.418 e. The summed E-state index contributed by atoms with van der Waals surface area (Å²) >= 11 is 0. The maximum atomic E-state index is 14.6. The highest BCUT2D eigenvalue weighted by Crippen LogP contribution is 2.39. The lowest BCUT2D eigenvalue weighted by molar-refractivity contribution is -0.137. The van der Waals surface area contributed by atoms with Gasteiger partial charge in [-0.15, -0.1) is 0 Å². The molecule has 5 heterocycles. The first-order valence-corrected chi connectivity index (χ1v) is 14.6. The fraction of sp³-hybridized carbons (Fsp3) is 0.303. The Balaban J connectivity index is 1.42. The maximum absolute atomic E-state index is 14.6. The number of fused-ring (bicyclic) bond motifs is 3. The molecule has 1 saturated heterocycles. The molecule has 1 fully saturated rings. The molecule has 1 aliphatic rings. The van der Waals surface area contributed by atoms with Gasteiger partial charge in [0.25, 0.3) is 5.56 Å². The average molecular weight is 633 g/mol. The van der Waals surface area contributed by atoms with Crippen LogP contribution in [0, 0.1) is 0 Å². The van der Waals surface area contributed by atoms with Gasteiger partial charge in [-0.3, -0.25) is 14.3 Å². The number of anilines is 1. The second-order valence-corrected chi connectivity index (χ2v) is 11.9. The van der Waals surface area contributed by atoms with Crippen LogP contribution >= 0.6 is 0 Å². The number of alkyl halides is 3. The number of ether oxygens (including phenoxy) is 2. The quantitative estimate of drug-likeness (QED) is 0.220. The molecule has 0 aliphatic carbocycles. The molecule has 0 atom stereocenters. The molecule has 238 valence electrons. The zero-order chi connectivity index (χ0) is 32.8. The Morgan fingerprint density at radius 1 is 0.891 bits per heavy atom. The summed E-state index contributed by atoms with van der Waals surface area (Å²) < 4.78 is 55.6. The lowest BCUT2D eigenvalue weighted by atomic mass is 10.1. The summed E-state index contributed by atoms with van der Waals surface area (Å²) in [6.07, 6.45) is -2.07. The van der Waals surface area contributed by atoms with E-state index in [0.29, 0.717) is 39.1 Å². The van der Waals surface area contributed by atoms with Crippen molar-refractivity contribution >= 4 is 33.7 Å². The second-order valence-electron chi connectivity index (χ2n) is 11.9. The van der Waals surface area contributed by atoms with E-state index in [1.165, 1.54) is 34.8 Å². The van der Waals surface area contributed by atoms with E-state index in [1.54, 1.807) is 68.4 Å². The van der Waals surface area contributed by atoms with Crippen LogP contribution in [0.5, 0.6) is 5.88 Å². The third-order valence-corrected chi connectivity index (χ3v) is 7.62. The Morgan fingerprint density at radius 2 is 1.65 bits per heavy atom. The normalized spacial score (nSPS) is 14.2. The Kier molecular flexibility index (Phi) is 7.78. The van der Waals surface area contributed by atoms with E-state index in [0.717, 1.165) is 6.07 Å². The Hall–Kier alpha value is -5.20. The standard InChI is InChI=1S/C33H31F3N6O4/c1-32(2,3)46-31(44)41-15-13-40(14-16-41)26-10-7-22(17-23(26)33(34,35)36)42-28(43)12-6-21-19-37-25-9-8-24(39-29(25)30(21)42)20-5-11-27(45-4)38-18-20/h5-12,17-19H,13-16H2,1-4H3. The Morgan fingerprint density at radius 3 is 2.30 bits per heavy atom. The van der Waals surface area contributed by atoms with Crippen molar-refractivity contribution in [1.82, 2.24) is 24.4 Å². The largest absolute Gasteiger partial charge is 0.481 e. The number of piperazine rings is 1. The summed E-state index contributed by atoms with van der Waals surface area (Å²) in [4.78, 5) is 42.5. The monoisotopic (exact) mass is 632 g/mol. The molecule has 5 aromatic rings. The number of benzene rings is 1. The Labute approximate surface area is 262 Å². The molecular weight excluding hydrogens is 601 g/mol. The van der Waals surface area contributed by atoms with Crippen LogP contribution in [0.4, 0.5) is 23.7 Å². The number of methoxy groups -OCH3 is 1. The summed E-state index contributed by atoms with van der Waals surface area (Å²) in [6.45, 7) is 6.03.